The van der Waals surface area contributed by atoms with Crippen LogP contribution in [-0.4, -0.2) is 4.40 Å². The van der Waals surface area contributed by atoms with Gasteiger partial charge in [-0.1, -0.05) is 204 Å². The predicted octanol–water partition coefficient (Wildman–Crippen LogP) is 17.9. The SMILES string of the molecule is [C-]#[N+]c1cc2c(c3c1C(c1ccccc1)(c1ccccc1)c1ccc(-c4ccccc4)cc1-3)c1cc3c(c4c5c6c(c(C#N)cc5n2c14)C(C)(C)c1ccc(C(C)(C)C)cc1-6)C1c2ccccc2C3c2ccccc21. The highest BCUT2D eigenvalue weighted by Gasteiger charge is 2.51. The highest BCUT2D eigenvalue weighted by atomic mass is 14.9. The Kier molecular flexibility index (Phi) is 8.15. The van der Waals surface area contributed by atoms with Crippen LogP contribution < -0.4 is 0 Å². The van der Waals surface area contributed by atoms with Crippen LogP contribution in [0.4, 0.5) is 5.69 Å². The van der Waals surface area contributed by atoms with Crippen molar-refractivity contribution in [3.8, 4) is 39.4 Å². The lowest BCUT2D eigenvalue weighted by Crippen LogP contribution is -2.28. The Labute approximate surface area is 436 Å². The molecule has 5 aliphatic carbocycles. The summed E-state index contributed by atoms with van der Waals surface area (Å²) in [5.41, 5.74) is 26.4. The zero-order valence-electron chi connectivity index (χ0n) is 42.5. The first-order valence-electron chi connectivity index (χ1n) is 26.4. The zero-order chi connectivity index (χ0) is 50.4. The lowest BCUT2D eigenvalue weighted by molar-refractivity contribution is 0.589. The minimum atomic E-state index is -0.810. The van der Waals surface area contributed by atoms with Gasteiger partial charge in [0.1, 0.15) is 0 Å². The van der Waals surface area contributed by atoms with Crippen molar-refractivity contribution in [3.05, 3.63) is 283 Å². The smallest absolute Gasteiger partial charge is 0.194 e. The first-order chi connectivity index (χ1) is 36.5. The van der Waals surface area contributed by atoms with Gasteiger partial charge >= 0.3 is 0 Å². The molecule has 0 amide bonds. The molecular formula is C72H49N3. The Morgan fingerprint density at radius 3 is 1.71 bits per heavy atom. The Morgan fingerprint density at radius 1 is 0.533 bits per heavy atom. The third kappa shape index (κ3) is 5.09. The van der Waals surface area contributed by atoms with E-state index in [0.717, 1.165) is 60.9 Å². The van der Waals surface area contributed by atoms with E-state index in [2.05, 4.69) is 244 Å². The summed E-state index contributed by atoms with van der Waals surface area (Å²) in [6, 6.07) is 74.8. The Morgan fingerprint density at radius 2 is 1.09 bits per heavy atom. The average Bonchev–Trinajstić information content (AvgIpc) is 4.34. The van der Waals surface area contributed by atoms with Crippen molar-refractivity contribution in [3.63, 3.8) is 0 Å². The fourth-order valence-corrected chi connectivity index (χ4v) is 15.4. The highest BCUT2D eigenvalue weighted by Crippen LogP contribution is 2.66. The third-order valence-electron chi connectivity index (χ3n) is 18.3. The molecule has 0 spiro atoms. The molecule has 5 aliphatic rings. The van der Waals surface area contributed by atoms with Crippen LogP contribution in [0.5, 0.6) is 0 Å². The van der Waals surface area contributed by atoms with Crippen molar-refractivity contribution in [1.82, 2.24) is 4.40 Å². The van der Waals surface area contributed by atoms with Gasteiger partial charge in [-0.25, -0.2) is 4.85 Å². The molecule has 17 rings (SSSR count). The Hall–Kier alpha value is -9.02. The number of hydrogen-bond donors (Lipinski definition) is 0. The topological polar surface area (TPSA) is 32.6 Å². The molecule has 2 heterocycles. The van der Waals surface area contributed by atoms with E-state index >= 15 is 0 Å². The molecule has 2 bridgehead atoms. The number of hydrogen-bond acceptors (Lipinski definition) is 1. The van der Waals surface area contributed by atoms with Crippen LogP contribution in [0.2, 0.25) is 0 Å². The number of rotatable bonds is 3. The van der Waals surface area contributed by atoms with Gasteiger partial charge in [0.15, 0.2) is 5.69 Å². The molecule has 0 atom stereocenters. The Bertz CT molecular complexity index is 4520. The van der Waals surface area contributed by atoms with E-state index in [0.29, 0.717) is 11.3 Å². The summed E-state index contributed by atoms with van der Waals surface area (Å²) < 4.78 is 2.50. The van der Waals surface area contributed by atoms with Gasteiger partial charge in [0.2, 0.25) is 0 Å². The molecule has 3 heteroatoms. The molecule has 0 unspecified atom stereocenters. The molecule has 0 fully saturated rings. The second-order valence-corrected chi connectivity index (χ2v) is 23.2. The number of aromatic nitrogens is 1. The second kappa shape index (κ2) is 14.4. The maximum absolute atomic E-state index is 11.5. The summed E-state index contributed by atoms with van der Waals surface area (Å²) in [5, 5.41) is 16.3. The average molecular weight is 956 g/mol. The molecule has 0 saturated carbocycles. The molecule has 12 aromatic rings. The van der Waals surface area contributed by atoms with Gasteiger partial charge in [0.25, 0.3) is 0 Å². The summed E-state index contributed by atoms with van der Waals surface area (Å²) in [6.07, 6.45) is 0. The van der Waals surface area contributed by atoms with E-state index in [1.165, 1.54) is 82.9 Å². The van der Waals surface area contributed by atoms with Crippen LogP contribution in [0.3, 0.4) is 0 Å². The monoisotopic (exact) mass is 955 g/mol. The molecule has 0 aliphatic heterocycles. The number of benzene rings is 10. The summed E-state index contributed by atoms with van der Waals surface area (Å²) in [5.74, 6) is 0.0150. The molecule has 3 nitrogen and oxygen atoms in total. The molecular weight excluding hydrogens is 907 g/mol. The van der Waals surface area contributed by atoms with Gasteiger partial charge in [-0.2, -0.15) is 5.26 Å². The number of fused-ring (bicyclic) bond motifs is 14. The predicted molar refractivity (Wildman–Crippen MR) is 306 cm³/mol. The fraction of sp³-hybridized carbons (Fsp3) is 0.139. The summed E-state index contributed by atoms with van der Waals surface area (Å²) >= 11 is 0. The van der Waals surface area contributed by atoms with Crippen LogP contribution in [0, 0.1) is 17.9 Å². The van der Waals surface area contributed by atoms with Crippen molar-refractivity contribution < 1.29 is 0 Å². The first-order valence-corrected chi connectivity index (χ1v) is 26.4. The van der Waals surface area contributed by atoms with Crippen LogP contribution in [0.15, 0.2) is 194 Å². The fourth-order valence-electron chi connectivity index (χ4n) is 15.4. The standard InChI is InChI=1S/C72H49N3/c1-70(2,3)45-31-33-54-51(36-45)64-65-57(35-42(39-73)67(64)71(54,4)5)75-58-38-56(74-6)68-63(61(58)53-37-52-59-46-26-16-18-28-48(46)60(62(52)66(65)69(53)75)49-29-19-17-27-47(49)59)50-34-41(40-20-10-7-11-21-40)30-32-55(50)72(68,43-22-12-8-13-23-43)44-24-14-9-15-25-44/h7-38,59-60H,1-5H3. The van der Waals surface area contributed by atoms with E-state index in [-0.39, 0.29) is 17.3 Å². The minimum absolute atomic E-state index is 0.00205. The van der Waals surface area contributed by atoms with Crippen LogP contribution >= 0.6 is 0 Å². The summed E-state index contributed by atoms with van der Waals surface area (Å²) in [4.78, 5) is 4.64. The van der Waals surface area contributed by atoms with Crippen LogP contribution in [-0.2, 0) is 16.2 Å². The maximum Gasteiger partial charge on any atom is 0.194 e. The molecule has 0 radical (unpaired) electrons. The number of nitriles is 1. The number of nitrogens with zero attached hydrogens (tertiary/aromatic N) is 3. The molecule has 75 heavy (non-hydrogen) atoms. The lowest BCUT2D eigenvalue weighted by atomic mass is 9.60. The molecule has 0 saturated heterocycles. The van der Waals surface area contributed by atoms with Crippen molar-refractivity contribution >= 4 is 43.8 Å². The molecule has 2 aromatic heterocycles. The normalized spacial score (nSPS) is 16.8. The van der Waals surface area contributed by atoms with Crippen molar-refractivity contribution in [1.29, 1.82) is 5.26 Å². The van der Waals surface area contributed by atoms with Crippen LogP contribution in [0.1, 0.15) is 124 Å². The van der Waals surface area contributed by atoms with Gasteiger partial charge in [0.05, 0.1) is 34.7 Å². The molecule has 0 N–H and O–H groups in total. The van der Waals surface area contributed by atoms with Crippen molar-refractivity contribution in [2.24, 2.45) is 0 Å². The molecule has 10 aromatic carbocycles. The van der Waals surface area contributed by atoms with Gasteiger partial charge in [0, 0.05) is 44.3 Å². The second-order valence-electron chi connectivity index (χ2n) is 23.2. The summed E-state index contributed by atoms with van der Waals surface area (Å²) in [7, 11) is 0. The van der Waals surface area contributed by atoms with E-state index in [1.54, 1.807) is 0 Å². The van der Waals surface area contributed by atoms with Crippen LogP contribution in [0.25, 0.3) is 76.3 Å². The highest BCUT2D eigenvalue weighted by molar-refractivity contribution is 6.32. The van der Waals surface area contributed by atoms with E-state index in [1.807, 2.05) is 0 Å². The Balaban J connectivity index is 1.17. The maximum atomic E-state index is 11.5. The summed E-state index contributed by atoms with van der Waals surface area (Å²) in [6.45, 7) is 20.9. The van der Waals surface area contributed by atoms with Gasteiger partial charge in [-0.05, 0) is 135 Å². The van der Waals surface area contributed by atoms with E-state index in [4.69, 9.17) is 0 Å². The van der Waals surface area contributed by atoms with E-state index in [9.17, 15) is 11.8 Å². The van der Waals surface area contributed by atoms with Gasteiger partial charge < -0.3 is 4.40 Å². The minimum Gasteiger partial charge on any atom is -0.309 e. The van der Waals surface area contributed by atoms with Gasteiger partial charge in [-0.15, -0.1) is 0 Å². The molecule has 352 valence electrons. The van der Waals surface area contributed by atoms with Crippen molar-refractivity contribution in [2.75, 3.05) is 0 Å². The lowest BCUT2D eigenvalue weighted by Gasteiger charge is -2.42. The largest absolute Gasteiger partial charge is 0.309 e. The quantitative estimate of drug-likeness (QED) is 0.162. The van der Waals surface area contributed by atoms with Crippen molar-refractivity contribution in [2.45, 2.75) is 62.7 Å². The van der Waals surface area contributed by atoms with Gasteiger partial charge in [-0.3, -0.25) is 0 Å². The zero-order valence-corrected chi connectivity index (χ0v) is 42.5. The third-order valence-corrected chi connectivity index (χ3v) is 18.3. The first kappa shape index (κ1) is 42.5. The van der Waals surface area contributed by atoms with E-state index < -0.39 is 10.8 Å².